The van der Waals surface area contributed by atoms with E-state index in [-0.39, 0.29) is 18.3 Å². The Morgan fingerprint density at radius 2 is 1.68 bits per heavy atom. The molecule has 2 atom stereocenters. The molecule has 0 heterocycles. The molecule has 0 aliphatic carbocycles. The van der Waals surface area contributed by atoms with E-state index in [1.54, 1.807) is 20.8 Å². The van der Waals surface area contributed by atoms with Gasteiger partial charge in [0.1, 0.15) is 6.04 Å². The maximum absolute atomic E-state index is 12.1. The molecule has 8 heteroatoms. The molecule has 0 rings (SSSR count). The molecule has 0 aliphatic rings. The summed E-state index contributed by atoms with van der Waals surface area (Å²) in [5.74, 6) is -1.80. The number of rotatable bonds is 10. The predicted octanol–water partition coefficient (Wildman–Crippen LogP) is 1.23. The zero-order valence-corrected chi connectivity index (χ0v) is 14.7. The van der Waals surface area contributed by atoms with Crippen LogP contribution in [0.1, 0.15) is 47.5 Å². The number of nitrogens with one attached hydrogen (secondary N) is 1. The summed E-state index contributed by atoms with van der Waals surface area (Å²) in [6.07, 6.45) is 0.167. The molecule has 0 fully saturated rings. The van der Waals surface area contributed by atoms with E-state index in [1.165, 1.54) is 6.92 Å². The number of carbonyl (C=O) groups is 2. The molecule has 0 aromatic heterocycles. The maximum atomic E-state index is 12.1. The number of unbranched alkanes of at least 4 members (excludes halogenated alkanes) is 1. The standard InChI is InChI=1S/C14H27NO6S/c1-6-8-9-22(18,19)15-12(10(3)4)14(17)21-11(5)13(16)20-7-2/h10-12,15H,6-9H2,1-5H3. The molecular weight excluding hydrogens is 310 g/mol. The second kappa shape index (κ2) is 9.78. The van der Waals surface area contributed by atoms with Crippen molar-refractivity contribution in [2.75, 3.05) is 12.4 Å². The zero-order valence-electron chi connectivity index (χ0n) is 13.9. The predicted molar refractivity (Wildman–Crippen MR) is 82.6 cm³/mol. The van der Waals surface area contributed by atoms with E-state index in [0.717, 1.165) is 6.42 Å². The third kappa shape index (κ3) is 7.74. The van der Waals surface area contributed by atoms with Crippen LogP contribution in [0.15, 0.2) is 0 Å². The van der Waals surface area contributed by atoms with Crippen molar-refractivity contribution in [3.05, 3.63) is 0 Å². The second-order valence-corrected chi connectivity index (χ2v) is 7.22. The highest BCUT2D eigenvalue weighted by molar-refractivity contribution is 7.89. The van der Waals surface area contributed by atoms with Crippen molar-refractivity contribution in [3.63, 3.8) is 0 Å². The lowest BCUT2D eigenvalue weighted by molar-refractivity contribution is -0.167. The Labute approximate surface area is 132 Å². The smallest absolute Gasteiger partial charge is 0.347 e. The van der Waals surface area contributed by atoms with Crippen LogP contribution in [0.2, 0.25) is 0 Å². The van der Waals surface area contributed by atoms with Crippen molar-refractivity contribution < 1.29 is 27.5 Å². The fourth-order valence-electron chi connectivity index (χ4n) is 1.60. The SMILES string of the molecule is CCCCS(=O)(=O)NC(C(=O)OC(C)C(=O)OCC)C(C)C. The van der Waals surface area contributed by atoms with Crippen LogP contribution in [0.3, 0.4) is 0 Å². The number of esters is 2. The van der Waals surface area contributed by atoms with E-state index in [0.29, 0.717) is 6.42 Å². The molecule has 7 nitrogen and oxygen atoms in total. The van der Waals surface area contributed by atoms with Gasteiger partial charge in [0.05, 0.1) is 12.4 Å². The van der Waals surface area contributed by atoms with Gasteiger partial charge in [0.15, 0.2) is 6.10 Å². The van der Waals surface area contributed by atoms with Gasteiger partial charge in [-0.05, 0) is 26.2 Å². The molecule has 0 saturated carbocycles. The highest BCUT2D eigenvalue weighted by atomic mass is 32.2. The van der Waals surface area contributed by atoms with Gasteiger partial charge in [0.25, 0.3) is 0 Å². The van der Waals surface area contributed by atoms with Gasteiger partial charge in [0, 0.05) is 0 Å². The van der Waals surface area contributed by atoms with Crippen LogP contribution in [-0.2, 0) is 29.1 Å². The average molecular weight is 337 g/mol. The zero-order chi connectivity index (χ0) is 17.3. The molecule has 0 spiro atoms. The molecule has 2 unspecified atom stereocenters. The van der Waals surface area contributed by atoms with Crippen molar-refractivity contribution in [2.24, 2.45) is 5.92 Å². The third-order valence-electron chi connectivity index (χ3n) is 2.91. The monoisotopic (exact) mass is 337 g/mol. The first kappa shape index (κ1) is 20.9. The molecule has 22 heavy (non-hydrogen) atoms. The topological polar surface area (TPSA) is 98.8 Å². The lowest BCUT2D eigenvalue weighted by Crippen LogP contribution is -2.47. The van der Waals surface area contributed by atoms with E-state index < -0.39 is 34.1 Å². The first-order chi connectivity index (χ1) is 10.1. The van der Waals surface area contributed by atoms with Gasteiger partial charge in [-0.15, -0.1) is 0 Å². The van der Waals surface area contributed by atoms with Gasteiger partial charge >= 0.3 is 11.9 Å². The highest BCUT2D eigenvalue weighted by Gasteiger charge is 2.31. The number of hydrogen-bond donors (Lipinski definition) is 1. The van der Waals surface area contributed by atoms with Crippen molar-refractivity contribution in [1.29, 1.82) is 0 Å². The van der Waals surface area contributed by atoms with Crippen molar-refractivity contribution in [1.82, 2.24) is 4.72 Å². The largest absolute Gasteiger partial charge is 0.463 e. The van der Waals surface area contributed by atoms with Crippen molar-refractivity contribution in [3.8, 4) is 0 Å². The summed E-state index contributed by atoms with van der Waals surface area (Å²) < 4.78 is 35.9. The minimum absolute atomic E-state index is 0.0482. The molecule has 0 aromatic carbocycles. The van der Waals surface area contributed by atoms with Gasteiger partial charge in [-0.2, -0.15) is 0 Å². The fourth-order valence-corrected chi connectivity index (χ4v) is 3.14. The molecule has 0 saturated heterocycles. The molecule has 130 valence electrons. The molecule has 0 radical (unpaired) electrons. The van der Waals surface area contributed by atoms with E-state index in [2.05, 4.69) is 4.72 Å². The molecule has 1 N–H and O–H groups in total. The van der Waals surface area contributed by atoms with Crippen molar-refractivity contribution in [2.45, 2.75) is 59.6 Å². The maximum Gasteiger partial charge on any atom is 0.347 e. The van der Waals surface area contributed by atoms with Gasteiger partial charge < -0.3 is 9.47 Å². The van der Waals surface area contributed by atoms with Crippen LogP contribution in [0.5, 0.6) is 0 Å². The van der Waals surface area contributed by atoms with Gasteiger partial charge in [-0.25, -0.2) is 17.9 Å². The normalized spacial score (nSPS) is 14.5. The van der Waals surface area contributed by atoms with Crippen LogP contribution in [0, 0.1) is 5.92 Å². The summed E-state index contributed by atoms with van der Waals surface area (Å²) in [7, 11) is -3.57. The molecular formula is C14H27NO6S. The lowest BCUT2D eigenvalue weighted by atomic mass is 10.1. The summed E-state index contributed by atoms with van der Waals surface area (Å²) in [6.45, 7) is 8.49. The summed E-state index contributed by atoms with van der Waals surface area (Å²) in [5, 5.41) is 0. The van der Waals surface area contributed by atoms with E-state index in [9.17, 15) is 18.0 Å². The first-order valence-corrected chi connectivity index (χ1v) is 9.16. The second-order valence-electron chi connectivity index (χ2n) is 5.34. The average Bonchev–Trinajstić information content (AvgIpc) is 2.42. The molecule has 0 aromatic rings. The minimum atomic E-state index is -3.57. The quantitative estimate of drug-likeness (QED) is 0.602. The number of ether oxygens (including phenoxy) is 2. The van der Waals surface area contributed by atoms with E-state index >= 15 is 0 Å². The Kier molecular flexibility index (Phi) is 9.27. The summed E-state index contributed by atoms with van der Waals surface area (Å²) in [6, 6.07) is -1.03. The third-order valence-corrected chi connectivity index (χ3v) is 4.34. The van der Waals surface area contributed by atoms with Crippen LogP contribution in [0.25, 0.3) is 0 Å². The van der Waals surface area contributed by atoms with Gasteiger partial charge in [0.2, 0.25) is 10.0 Å². The Balaban J connectivity index is 4.81. The Bertz CT molecular complexity index is 460. The first-order valence-electron chi connectivity index (χ1n) is 7.51. The van der Waals surface area contributed by atoms with Gasteiger partial charge in [-0.1, -0.05) is 27.2 Å². The lowest BCUT2D eigenvalue weighted by Gasteiger charge is -2.22. The Morgan fingerprint density at radius 1 is 1.09 bits per heavy atom. The summed E-state index contributed by atoms with van der Waals surface area (Å²) in [4.78, 5) is 23.6. The van der Waals surface area contributed by atoms with Crippen LogP contribution in [-0.4, -0.2) is 44.9 Å². The van der Waals surface area contributed by atoms with Crippen LogP contribution in [0.4, 0.5) is 0 Å². The van der Waals surface area contributed by atoms with Gasteiger partial charge in [-0.3, -0.25) is 4.79 Å². The molecule has 0 aliphatic heterocycles. The fraction of sp³-hybridized carbons (Fsp3) is 0.857. The Hall–Kier alpha value is -1.15. The number of hydrogen-bond acceptors (Lipinski definition) is 6. The molecule has 0 bridgehead atoms. The molecule has 0 amide bonds. The van der Waals surface area contributed by atoms with Crippen LogP contribution < -0.4 is 4.72 Å². The summed E-state index contributed by atoms with van der Waals surface area (Å²) >= 11 is 0. The minimum Gasteiger partial charge on any atom is -0.463 e. The number of carbonyl (C=O) groups excluding carboxylic acids is 2. The summed E-state index contributed by atoms with van der Waals surface area (Å²) in [5.41, 5.74) is 0. The highest BCUT2D eigenvalue weighted by Crippen LogP contribution is 2.09. The number of sulfonamides is 1. The van der Waals surface area contributed by atoms with E-state index in [1.807, 2.05) is 6.92 Å². The van der Waals surface area contributed by atoms with Crippen LogP contribution >= 0.6 is 0 Å². The van der Waals surface area contributed by atoms with E-state index in [4.69, 9.17) is 9.47 Å². The van der Waals surface area contributed by atoms with Crippen molar-refractivity contribution >= 4 is 22.0 Å². The Morgan fingerprint density at radius 3 is 2.14 bits per heavy atom.